The highest BCUT2D eigenvalue weighted by molar-refractivity contribution is 5.73. The Hall–Kier alpha value is -3.41. The zero-order valence-corrected chi connectivity index (χ0v) is 18.5. The third-order valence-corrected chi connectivity index (χ3v) is 5.36. The Balaban J connectivity index is 1.81. The van der Waals surface area contributed by atoms with Crippen molar-refractivity contribution in [3.63, 3.8) is 0 Å². The molecule has 6 nitrogen and oxygen atoms in total. The van der Waals surface area contributed by atoms with E-state index in [0.717, 1.165) is 22.6 Å². The Morgan fingerprint density at radius 1 is 0.935 bits per heavy atom. The predicted molar refractivity (Wildman–Crippen MR) is 119 cm³/mol. The number of hydrogen-bond acceptors (Lipinski definition) is 5. The second-order valence-electron chi connectivity index (χ2n) is 7.23. The fraction of sp³-hybridized carbons (Fsp3) is 0.320. The first kappa shape index (κ1) is 22.3. The number of rotatable bonds is 10. The molecule has 0 saturated heterocycles. The number of benzene rings is 2. The number of methoxy groups -OCH3 is 3. The summed E-state index contributed by atoms with van der Waals surface area (Å²) in [5, 5.41) is 0. The van der Waals surface area contributed by atoms with Gasteiger partial charge in [-0.1, -0.05) is 24.3 Å². The fourth-order valence-electron chi connectivity index (χ4n) is 3.73. The number of ether oxygens (including phenoxy) is 3. The minimum atomic E-state index is -0.0293. The van der Waals surface area contributed by atoms with E-state index in [2.05, 4.69) is 0 Å². The molecule has 3 rings (SSSR count). The summed E-state index contributed by atoms with van der Waals surface area (Å²) in [4.78, 5) is 14.2. The van der Waals surface area contributed by atoms with E-state index in [1.165, 1.54) is 0 Å². The maximum atomic E-state index is 12.4. The lowest BCUT2D eigenvalue weighted by molar-refractivity contribution is -0.129. The van der Waals surface area contributed by atoms with Gasteiger partial charge in [-0.2, -0.15) is 0 Å². The SMILES string of the molecule is COc1ccc(CN(CCC(c2ccco2)c2ccccc2OC)C(C)=O)cc1OC. The van der Waals surface area contributed by atoms with Crippen molar-refractivity contribution >= 4 is 5.91 Å². The van der Waals surface area contributed by atoms with Crippen LogP contribution < -0.4 is 14.2 Å². The quantitative estimate of drug-likeness (QED) is 0.465. The standard InChI is InChI=1S/C25H29NO5/c1-18(27)26(17-19-11-12-24(29-3)25(16-19)30-4)14-13-21(23-10-7-15-31-23)20-8-5-6-9-22(20)28-2/h5-12,15-16,21H,13-14,17H2,1-4H3. The first-order chi connectivity index (χ1) is 15.1. The number of hydrogen-bond donors (Lipinski definition) is 0. The molecule has 164 valence electrons. The second-order valence-corrected chi connectivity index (χ2v) is 7.23. The molecule has 0 radical (unpaired) electrons. The van der Waals surface area contributed by atoms with E-state index in [0.29, 0.717) is 31.0 Å². The number of furan rings is 1. The van der Waals surface area contributed by atoms with Gasteiger partial charge in [0.1, 0.15) is 11.5 Å². The fourth-order valence-corrected chi connectivity index (χ4v) is 3.73. The Kier molecular flexibility index (Phi) is 7.60. The van der Waals surface area contributed by atoms with E-state index in [-0.39, 0.29) is 11.8 Å². The Bertz CT molecular complexity index is 983. The number of carbonyl (C=O) groups excluding carboxylic acids is 1. The lowest BCUT2D eigenvalue weighted by atomic mass is 9.92. The molecule has 31 heavy (non-hydrogen) atoms. The summed E-state index contributed by atoms with van der Waals surface area (Å²) in [6.45, 7) is 2.63. The van der Waals surface area contributed by atoms with E-state index in [1.54, 1.807) is 34.5 Å². The van der Waals surface area contributed by atoms with Gasteiger partial charge < -0.3 is 23.5 Å². The molecule has 1 unspecified atom stereocenters. The molecule has 6 heteroatoms. The molecule has 0 aliphatic carbocycles. The van der Waals surface area contributed by atoms with Crippen molar-refractivity contribution in [3.8, 4) is 17.2 Å². The molecule has 0 aliphatic rings. The van der Waals surface area contributed by atoms with Crippen LogP contribution in [0, 0.1) is 0 Å². The van der Waals surface area contributed by atoms with Crippen LogP contribution in [0.5, 0.6) is 17.2 Å². The first-order valence-electron chi connectivity index (χ1n) is 10.2. The van der Waals surface area contributed by atoms with Crippen molar-refractivity contribution in [3.05, 3.63) is 77.7 Å². The average Bonchev–Trinajstić information content (AvgIpc) is 3.33. The van der Waals surface area contributed by atoms with Crippen LogP contribution in [-0.4, -0.2) is 38.7 Å². The minimum absolute atomic E-state index is 0.00741. The van der Waals surface area contributed by atoms with Gasteiger partial charge in [-0.25, -0.2) is 0 Å². The molecular weight excluding hydrogens is 394 g/mol. The number of amides is 1. The van der Waals surface area contributed by atoms with E-state index in [4.69, 9.17) is 18.6 Å². The van der Waals surface area contributed by atoms with Crippen LogP contribution >= 0.6 is 0 Å². The summed E-state index contributed by atoms with van der Waals surface area (Å²) < 4.78 is 22.0. The summed E-state index contributed by atoms with van der Waals surface area (Å²) in [5.41, 5.74) is 2.01. The summed E-state index contributed by atoms with van der Waals surface area (Å²) in [7, 11) is 4.87. The van der Waals surface area contributed by atoms with E-state index in [9.17, 15) is 4.79 Å². The first-order valence-corrected chi connectivity index (χ1v) is 10.2. The van der Waals surface area contributed by atoms with Gasteiger partial charge in [0.25, 0.3) is 0 Å². The van der Waals surface area contributed by atoms with E-state index in [1.807, 2.05) is 59.5 Å². The van der Waals surface area contributed by atoms with Crippen LogP contribution in [0.4, 0.5) is 0 Å². The highest BCUT2D eigenvalue weighted by atomic mass is 16.5. The van der Waals surface area contributed by atoms with Crippen molar-refractivity contribution < 1.29 is 23.4 Å². The molecule has 0 aliphatic heterocycles. The van der Waals surface area contributed by atoms with Crippen LogP contribution in [0.2, 0.25) is 0 Å². The van der Waals surface area contributed by atoms with Crippen molar-refractivity contribution in [2.45, 2.75) is 25.8 Å². The van der Waals surface area contributed by atoms with Crippen molar-refractivity contribution in [2.75, 3.05) is 27.9 Å². The number of para-hydroxylation sites is 1. The third kappa shape index (κ3) is 5.40. The number of carbonyl (C=O) groups is 1. The predicted octanol–water partition coefficient (Wildman–Crippen LogP) is 4.88. The van der Waals surface area contributed by atoms with Crippen molar-refractivity contribution in [2.24, 2.45) is 0 Å². The summed E-state index contributed by atoms with van der Waals surface area (Å²) in [6, 6.07) is 17.5. The normalized spacial score (nSPS) is 11.6. The molecule has 3 aromatic rings. The molecule has 1 amide bonds. The van der Waals surface area contributed by atoms with Crippen molar-refractivity contribution in [1.29, 1.82) is 0 Å². The van der Waals surface area contributed by atoms with Gasteiger partial charge in [0, 0.05) is 31.5 Å². The molecule has 0 spiro atoms. The second kappa shape index (κ2) is 10.6. The summed E-state index contributed by atoms with van der Waals surface area (Å²) >= 11 is 0. The molecular formula is C25H29NO5. The Labute approximate surface area is 183 Å². The van der Waals surface area contributed by atoms with Crippen LogP contribution in [0.3, 0.4) is 0 Å². The highest BCUT2D eigenvalue weighted by Gasteiger charge is 2.22. The third-order valence-electron chi connectivity index (χ3n) is 5.36. The molecule has 1 atom stereocenters. The number of nitrogens with zero attached hydrogens (tertiary/aromatic N) is 1. The lowest BCUT2D eigenvalue weighted by Gasteiger charge is -2.25. The van der Waals surface area contributed by atoms with Crippen molar-refractivity contribution in [1.82, 2.24) is 4.90 Å². The highest BCUT2D eigenvalue weighted by Crippen LogP contribution is 2.35. The monoisotopic (exact) mass is 423 g/mol. The van der Waals surface area contributed by atoms with Gasteiger partial charge in [-0.05, 0) is 42.3 Å². The summed E-state index contributed by atoms with van der Waals surface area (Å²) in [5.74, 6) is 2.93. The molecule has 1 heterocycles. The maximum absolute atomic E-state index is 12.4. The largest absolute Gasteiger partial charge is 0.496 e. The van der Waals surface area contributed by atoms with Crippen LogP contribution in [-0.2, 0) is 11.3 Å². The van der Waals surface area contributed by atoms with Gasteiger partial charge in [-0.15, -0.1) is 0 Å². The molecule has 0 bridgehead atoms. The van der Waals surface area contributed by atoms with Crippen LogP contribution in [0.15, 0.2) is 65.3 Å². The maximum Gasteiger partial charge on any atom is 0.219 e. The van der Waals surface area contributed by atoms with E-state index >= 15 is 0 Å². The zero-order chi connectivity index (χ0) is 22.2. The topological polar surface area (TPSA) is 61.1 Å². The molecule has 1 aromatic heterocycles. The smallest absolute Gasteiger partial charge is 0.219 e. The Morgan fingerprint density at radius 3 is 2.32 bits per heavy atom. The van der Waals surface area contributed by atoms with E-state index < -0.39 is 0 Å². The molecule has 0 fully saturated rings. The Morgan fingerprint density at radius 2 is 1.68 bits per heavy atom. The summed E-state index contributed by atoms with van der Waals surface area (Å²) in [6.07, 6.45) is 2.37. The molecule has 2 aromatic carbocycles. The van der Waals surface area contributed by atoms with Crippen LogP contribution in [0.25, 0.3) is 0 Å². The lowest BCUT2D eigenvalue weighted by Crippen LogP contribution is -2.30. The molecule has 0 N–H and O–H groups in total. The van der Waals surface area contributed by atoms with Gasteiger partial charge in [0.2, 0.25) is 5.91 Å². The van der Waals surface area contributed by atoms with Gasteiger partial charge in [-0.3, -0.25) is 4.79 Å². The van der Waals surface area contributed by atoms with Gasteiger partial charge >= 0.3 is 0 Å². The average molecular weight is 424 g/mol. The van der Waals surface area contributed by atoms with Gasteiger partial charge in [0.15, 0.2) is 11.5 Å². The molecule has 0 saturated carbocycles. The van der Waals surface area contributed by atoms with Gasteiger partial charge in [0.05, 0.1) is 27.6 Å². The van der Waals surface area contributed by atoms with Crippen LogP contribution in [0.1, 0.15) is 36.1 Å². The zero-order valence-electron chi connectivity index (χ0n) is 18.5. The minimum Gasteiger partial charge on any atom is -0.496 e.